The third-order valence-electron chi connectivity index (χ3n) is 4.34. The van der Waals surface area contributed by atoms with Gasteiger partial charge in [-0.05, 0) is 52.7 Å². The molecule has 1 aliphatic rings. The number of hydrogen-bond donors (Lipinski definition) is 1. The minimum absolute atomic E-state index is 0.155. The van der Waals surface area contributed by atoms with Gasteiger partial charge in [0.15, 0.2) is 0 Å². The molecule has 0 bridgehead atoms. The fourth-order valence-corrected chi connectivity index (χ4v) is 3.09. The lowest BCUT2D eigenvalue weighted by Gasteiger charge is -2.29. The summed E-state index contributed by atoms with van der Waals surface area (Å²) < 4.78 is 4.91. The smallest absolute Gasteiger partial charge is 0.325 e. The van der Waals surface area contributed by atoms with E-state index >= 15 is 0 Å². The Bertz CT molecular complexity index is 277. The van der Waals surface area contributed by atoms with Crippen LogP contribution in [-0.2, 0) is 9.53 Å². The SMILES string of the molecule is CCNC(C)(CCCN(C)C1CCCC1)C(=O)OC. The fraction of sp³-hybridized carbons (Fsp3) is 0.933. The van der Waals surface area contributed by atoms with Gasteiger partial charge >= 0.3 is 5.97 Å². The second-order valence-corrected chi connectivity index (χ2v) is 5.88. The van der Waals surface area contributed by atoms with Crippen LogP contribution in [0.5, 0.6) is 0 Å². The van der Waals surface area contributed by atoms with Gasteiger partial charge in [-0.15, -0.1) is 0 Å². The molecule has 1 atom stereocenters. The summed E-state index contributed by atoms with van der Waals surface area (Å²) >= 11 is 0. The van der Waals surface area contributed by atoms with Crippen molar-refractivity contribution in [3.05, 3.63) is 0 Å². The number of hydrogen-bond acceptors (Lipinski definition) is 4. The molecule has 1 unspecified atom stereocenters. The molecule has 4 heteroatoms. The summed E-state index contributed by atoms with van der Waals surface area (Å²) in [6.07, 6.45) is 7.24. The molecule has 112 valence electrons. The van der Waals surface area contributed by atoms with Gasteiger partial charge in [-0.3, -0.25) is 4.79 Å². The topological polar surface area (TPSA) is 41.6 Å². The van der Waals surface area contributed by atoms with Gasteiger partial charge in [0.25, 0.3) is 0 Å². The number of likely N-dealkylation sites (N-methyl/N-ethyl adjacent to an activating group) is 1. The highest BCUT2D eigenvalue weighted by atomic mass is 16.5. The van der Waals surface area contributed by atoms with E-state index in [0.717, 1.165) is 32.0 Å². The van der Waals surface area contributed by atoms with Crippen LogP contribution in [0.25, 0.3) is 0 Å². The van der Waals surface area contributed by atoms with Gasteiger partial charge < -0.3 is 15.0 Å². The average molecular weight is 270 g/mol. The van der Waals surface area contributed by atoms with Crippen molar-refractivity contribution in [1.82, 2.24) is 10.2 Å². The molecule has 0 aliphatic heterocycles. The number of methoxy groups -OCH3 is 1. The molecule has 0 aromatic rings. The Balaban J connectivity index is 2.37. The zero-order chi connectivity index (χ0) is 14.3. The van der Waals surface area contributed by atoms with Crippen molar-refractivity contribution in [2.75, 3.05) is 27.2 Å². The van der Waals surface area contributed by atoms with Crippen LogP contribution in [0.2, 0.25) is 0 Å². The first-order chi connectivity index (χ1) is 9.03. The van der Waals surface area contributed by atoms with Gasteiger partial charge in [0.05, 0.1) is 7.11 Å². The highest BCUT2D eigenvalue weighted by Crippen LogP contribution is 2.23. The highest BCUT2D eigenvalue weighted by molar-refractivity contribution is 5.80. The number of ether oxygens (including phenoxy) is 1. The van der Waals surface area contributed by atoms with Crippen molar-refractivity contribution < 1.29 is 9.53 Å². The van der Waals surface area contributed by atoms with Crippen LogP contribution in [0, 0.1) is 0 Å². The number of nitrogens with zero attached hydrogens (tertiary/aromatic N) is 1. The summed E-state index contributed by atoms with van der Waals surface area (Å²) in [6.45, 7) is 5.80. The van der Waals surface area contributed by atoms with Crippen molar-refractivity contribution in [3.8, 4) is 0 Å². The first-order valence-electron chi connectivity index (χ1n) is 7.57. The van der Waals surface area contributed by atoms with Crippen LogP contribution in [0.15, 0.2) is 0 Å². The van der Waals surface area contributed by atoms with Crippen molar-refractivity contribution >= 4 is 5.97 Å². The quantitative estimate of drug-likeness (QED) is 0.686. The van der Waals surface area contributed by atoms with E-state index in [0.29, 0.717) is 0 Å². The van der Waals surface area contributed by atoms with Gasteiger partial charge in [0.2, 0.25) is 0 Å². The number of nitrogens with one attached hydrogen (secondary N) is 1. The Labute approximate surface area is 117 Å². The van der Waals surface area contributed by atoms with E-state index in [1.165, 1.54) is 32.8 Å². The van der Waals surface area contributed by atoms with Crippen molar-refractivity contribution in [2.24, 2.45) is 0 Å². The summed E-state index contributed by atoms with van der Waals surface area (Å²) in [5.41, 5.74) is -0.542. The Morgan fingerprint density at radius 1 is 1.42 bits per heavy atom. The number of rotatable bonds is 8. The van der Waals surface area contributed by atoms with Gasteiger partial charge in [0, 0.05) is 6.04 Å². The lowest BCUT2D eigenvalue weighted by atomic mass is 9.95. The van der Waals surface area contributed by atoms with Gasteiger partial charge in [-0.1, -0.05) is 19.8 Å². The third kappa shape index (κ3) is 4.77. The maximum Gasteiger partial charge on any atom is 0.325 e. The number of carbonyl (C=O) groups excluding carboxylic acids is 1. The third-order valence-corrected chi connectivity index (χ3v) is 4.34. The van der Waals surface area contributed by atoms with E-state index in [-0.39, 0.29) is 5.97 Å². The van der Waals surface area contributed by atoms with E-state index in [2.05, 4.69) is 17.3 Å². The Hall–Kier alpha value is -0.610. The zero-order valence-electron chi connectivity index (χ0n) is 13.0. The predicted molar refractivity (Wildman–Crippen MR) is 78.2 cm³/mol. The largest absolute Gasteiger partial charge is 0.468 e. The van der Waals surface area contributed by atoms with Gasteiger partial charge in [-0.25, -0.2) is 0 Å². The normalized spacial score (nSPS) is 19.6. The van der Waals surface area contributed by atoms with E-state index in [1.54, 1.807) is 0 Å². The van der Waals surface area contributed by atoms with E-state index in [1.807, 2.05) is 13.8 Å². The minimum Gasteiger partial charge on any atom is -0.468 e. The van der Waals surface area contributed by atoms with Crippen LogP contribution >= 0.6 is 0 Å². The molecule has 0 aromatic carbocycles. The molecule has 0 radical (unpaired) electrons. The average Bonchev–Trinajstić information content (AvgIpc) is 2.91. The lowest BCUT2D eigenvalue weighted by molar-refractivity contribution is -0.148. The molecule has 1 rings (SSSR count). The van der Waals surface area contributed by atoms with Gasteiger partial charge in [-0.2, -0.15) is 0 Å². The molecule has 1 saturated carbocycles. The highest BCUT2D eigenvalue weighted by Gasteiger charge is 2.33. The zero-order valence-corrected chi connectivity index (χ0v) is 13.0. The number of esters is 1. The molecule has 1 aliphatic carbocycles. The molecule has 19 heavy (non-hydrogen) atoms. The minimum atomic E-state index is -0.542. The summed E-state index contributed by atoms with van der Waals surface area (Å²) in [4.78, 5) is 14.3. The lowest BCUT2D eigenvalue weighted by Crippen LogP contribution is -2.50. The predicted octanol–water partition coefficient (Wildman–Crippen LogP) is 2.18. The van der Waals surface area contributed by atoms with E-state index in [9.17, 15) is 4.79 Å². The Morgan fingerprint density at radius 3 is 2.58 bits per heavy atom. The summed E-state index contributed by atoms with van der Waals surface area (Å²) in [5.74, 6) is -0.155. The molecule has 1 fully saturated rings. The molecule has 0 saturated heterocycles. The summed E-state index contributed by atoms with van der Waals surface area (Å²) in [6, 6.07) is 0.753. The summed E-state index contributed by atoms with van der Waals surface area (Å²) in [7, 11) is 3.67. The van der Waals surface area contributed by atoms with Crippen LogP contribution in [-0.4, -0.2) is 49.7 Å². The van der Waals surface area contributed by atoms with E-state index in [4.69, 9.17) is 4.74 Å². The Morgan fingerprint density at radius 2 is 2.05 bits per heavy atom. The van der Waals surface area contributed by atoms with E-state index < -0.39 is 5.54 Å². The fourth-order valence-electron chi connectivity index (χ4n) is 3.09. The number of carbonyl (C=O) groups is 1. The molecule has 1 N–H and O–H groups in total. The molecule has 0 heterocycles. The second-order valence-electron chi connectivity index (χ2n) is 5.88. The molecule has 0 spiro atoms. The molecule has 4 nitrogen and oxygen atoms in total. The molecule has 0 amide bonds. The maximum absolute atomic E-state index is 11.9. The standard InChI is InChI=1S/C15H30N2O2/c1-5-16-15(2,14(18)19-4)11-8-12-17(3)13-9-6-7-10-13/h13,16H,5-12H2,1-4H3. The van der Waals surface area contributed by atoms with Crippen LogP contribution in [0.4, 0.5) is 0 Å². The van der Waals surface area contributed by atoms with Crippen LogP contribution in [0.3, 0.4) is 0 Å². The second kappa shape index (κ2) is 7.85. The van der Waals surface area contributed by atoms with Crippen molar-refractivity contribution in [1.29, 1.82) is 0 Å². The Kier molecular flexibility index (Phi) is 6.80. The molecule has 0 aromatic heterocycles. The first kappa shape index (κ1) is 16.4. The summed E-state index contributed by atoms with van der Waals surface area (Å²) in [5, 5.41) is 3.26. The monoisotopic (exact) mass is 270 g/mol. The van der Waals surface area contributed by atoms with Crippen molar-refractivity contribution in [3.63, 3.8) is 0 Å². The van der Waals surface area contributed by atoms with Crippen LogP contribution < -0.4 is 5.32 Å². The van der Waals surface area contributed by atoms with Crippen LogP contribution in [0.1, 0.15) is 52.4 Å². The molecular formula is C15H30N2O2. The maximum atomic E-state index is 11.9. The molecular weight excluding hydrogens is 240 g/mol. The van der Waals surface area contributed by atoms with Gasteiger partial charge in [0.1, 0.15) is 5.54 Å². The first-order valence-corrected chi connectivity index (χ1v) is 7.57. The van der Waals surface area contributed by atoms with Crippen molar-refractivity contribution in [2.45, 2.75) is 64.0 Å².